The maximum Gasteiger partial charge on any atom is 0.338 e. The van der Waals surface area contributed by atoms with Crippen LogP contribution in [0.1, 0.15) is 37.6 Å². The molecule has 0 amide bonds. The molecule has 4 N–H and O–H groups in total. The molecule has 0 aliphatic carbocycles. The molecule has 0 spiro atoms. The van der Waals surface area contributed by atoms with Crippen LogP contribution < -0.4 is 20.4 Å². The van der Waals surface area contributed by atoms with Gasteiger partial charge in [-0.2, -0.15) is 0 Å². The number of aromatic hydroxyl groups is 1. The van der Waals surface area contributed by atoms with E-state index in [1.807, 2.05) is 6.92 Å². The van der Waals surface area contributed by atoms with Gasteiger partial charge in [-0.25, -0.2) is 4.79 Å². The number of carboxylic acid groups (broad SMARTS) is 1. The van der Waals surface area contributed by atoms with Crippen LogP contribution in [0.25, 0.3) is 11.8 Å². The molecule has 1 aliphatic heterocycles. The summed E-state index contributed by atoms with van der Waals surface area (Å²) in [7, 11) is 0. The van der Waals surface area contributed by atoms with E-state index in [1.165, 1.54) is 6.07 Å². The van der Waals surface area contributed by atoms with Crippen molar-refractivity contribution in [3.05, 3.63) is 22.1 Å². The van der Waals surface area contributed by atoms with Crippen LogP contribution in [0.3, 0.4) is 0 Å². The zero-order valence-electron chi connectivity index (χ0n) is 13.6. The first-order valence-corrected chi connectivity index (χ1v) is 7.78. The van der Waals surface area contributed by atoms with E-state index in [2.05, 4.69) is 13.8 Å². The predicted octanol–water partition coefficient (Wildman–Crippen LogP) is -1.62. The Morgan fingerprint density at radius 2 is 2.13 bits per heavy atom. The summed E-state index contributed by atoms with van der Waals surface area (Å²) in [5.41, 5.74) is 0.336. The van der Waals surface area contributed by atoms with E-state index in [-0.39, 0.29) is 12.6 Å². The number of carbonyl (C=O) groups is 1. The molecular weight excluding hydrogens is 298 g/mol. The minimum absolute atomic E-state index is 0.0283. The van der Waals surface area contributed by atoms with Crippen molar-refractivity contribution in [3.63, 3.8) is 0 Å². The van der Waals surface area contributed by atoms with Gasteiger partial charge >= 0.3 is 5.97 Å². The molecule has 3 unspecified atom stereocenters. The molecule has 0 saturated carbocycles. The summed E-state index contributed by atoms with van der Waals surface area (Å²) < 4.78 is 0. The second kappa shape index (κ2) is 6.60. The van der Waals surface area contributed by atoms with Crippen molar-refractivity contribution in [2.75, 3.05) is 13.2 Å². The lowest BCUT2D eigenvalue weighted by molar-refractivity contribution is -0.842. The van der Waals surface area contributed by atoms with Crippen LogP contribution >= 0.6 is 0 Å². The normalized spacial score (nSPS) is 21.5. The summed E-state index contributed by atoms with van der Waals surface area (Å²) in [5.74, 6) is -2.29. The Morgan fingerprint density at radius 1 is 1.48 bits per heavy atom. The zero-order valence-corrected chi connectivity index (χ0v) is 13.6. The highest BCUT2D eigenvalue weighted by molar-refractivity contribution is 5.94. The Labute approximate surface area is 134 Å². The van der Waals surface area contributed by atoms with E-state index in [0.29, 0.717) is 22.9 Å². The van der Waals surface area contributed by atoms with Gasteiger partial charge in [0.1, 0.15) is 24.5 Å². The van der Waals surface area contributed by atoms with Crippen molar-refractivity contribution in [1.29, 1.82) is 0 Å². The van der Waals surface area contributed by atoms with E-state index < -0.39 is 23.0 Å². The molecule has 1 aromatic rings. The van der Waals surface area contributed by atoms with Crippen LogP contribution in [-0.2, 0) is 0 Å². The number of aliphatic hydroxyl groups excluding tert-OH is 1. The van der Waals surface area contributed by atoms with Crippen LogP contribution in [-0.4, -0.2) is 40.5 Å². The molecule has 0 bridgehead atoms. The second-order valence-corrected chi connectivity index (χ2v) is 6.11. The lowest BCUT2D eigenvalue weighted by Crippen LogP contribution is -3.13. The quantitative estimate of drug-likeness (QED) is 0.522. The van der Waals surface area contributed by atoms with Crippen LogP contribution in [0, 0.1) is 5.92 Å². The third kappa shape index (κ3) is 2.92. The van der Waals surface area contributed by atoms with Crippen LogP contribution in [0.4, 0.5) is 0 Å². The Morgan fingerprint density at radius 3 is 2.65 bits per heavy atom. The molecule has 2 rings (SSSR count). The van der Waals surface area contributed by atoms with Gasteiger partial charge < -0.3 is 25.3 Å². The van der Waals surface area contributed by atoms with Gasteiger partial charge in [-0.1, -0.05) is 19.6 Å². The van der Waals surface area contributed by atoms with Gasteiger partial charge in [0.05, 0.1) is 12.2 Å². The number of aliphatic hydroxyl groups is 1. The maximum atomic E-state index is 12.5. The monoisotopic (exact) mass is 321 g/mol. The molecule has 23 heavy (non-hydrogen) atoms. The molecule has 1 heterocycles. The van der Waals surface area contributed by atoms with Crippen molar-refractivity contribution in [2.24, 2.45) is 5.92 Å². The van der Waals surface area contributed by atoms with Crippen molar-refractivity contribution in [1.82, 2.24) is 0 Å². The van der Waals surface area contributed by atoms with Gasteiger partial charge in [0, 0.05) is 11.1 Å². The first-order chi connectivity index (χ1) is 10.8. The van der Waals surface area contributed by atoms with E-state index in [9.17, 15) is 20.1 Å². The first-order valence-electron chi connectivity index (χ1n) is 7.78. The number of carboxylic acids is 1. The number of hydrogen-bond donors (Lipinski definition) is 4. The maximum absolute atomic E-state index is 12.5. The zero-order chi connectivity index (χ0) is 17.3. The van der Waals surface area contributed by atoms with Gasteiger partial charge in [0.2, 0.25) is 0 Å². The van der Waals surface area contributed by atoms with E-state index in [0.717, 1.165) is 16.9 Å². The fraction of sp³-hybridized carbons (Fsp3) is 0.471. The third-order valence-corrected chi connectivity index (χ3v) is 4.75. The molecule has 1 aromatic carbocycles. The molecule has 1 aliphatic rings. The summed E-state index contributed by atoms with van der Waals surface area (Å²) in [6.45, 7) is 6.50. The lowest BCUT2D eigenvalue weighted by atomic mass is 9.87. The van der Waals surface area contributed by atoms with Crippen LogP contribution in [0.15, 0.2) is 6.07 Å². The molecule has 6 heteroatoms. The number of quaternary nitrogens is 1. The summed E-state index contributed by atoms with van der Waals surface area (Å²) >= 11 is 0. The van der Waals surface area contributed by atoms with Crippen molar-refractivity contribution >= 4 is 17.7 Å². The first kappa shape index (κ1) is 17.3. The highest BCUT2D eigenvalue weighted by atomic mass is 16.4. The molecule has 126 valence electrons. The van der Waals surface area contributed by atoms with Crippen molar-refractivity contribution in [2.45, 2.75) is 33.2 Å². The third-order valence-electron chi connectivity index (χ3n) is 4.75. The Bertz CT molecular complexity index is 740. The molecular formula is C17H23NO5. The van der Waals surface area contributed by atoms with Gasteiger partial charge in [-0.05, 0) is 30.2 Å². The largest absolute Gasteiger partial charge is 0.871 e. The standard InChI is InChI=1S/C17H23NO5/c1-4-9(2)15-10(3)11-7-13(20)14(17(22)23)16(21)12(11)8-18(15)5-6-19/h7-9,15,19-21H,4-6H2,1-3H3,(H,22,23). The van der Waals surface area contributed by atoms with E-state index in [4.69, 9.17) is 5.11 Å². The molecule has 0 fully saturated rings. The Balaban J connectivity index is 2.81. The van der Waals surface area contributed by atoms with Gasteiger partial charge in [-0.15, -0.1) is 0 Å². The lowest BCUT2D eigenvalue weighted by Gasteiger charge is -2.33. The fourth-order valence-electron chi connectivity index (χ4n) is 3.44. The Kier molecular flexibility index (Phi) is 4.97. The average Bonchev–Trinajstić information content (AvgIpc) is 2.48. The SMILES string of the molecule is CCC(C)C1C(C)=c2cc(O)c(C(=O)O)c([O-])c2=C[NH+]1CCO. The number of benzene rings is 1. The number of nitrogens with one attached hydrogen (secondary N) is 1. The Hall–Kier alpha value is -2.05. The molecule has 3 atom stereocenters. The molecule has 0 radical (unpaired) electrons. The van der Waals surface area contributed by atoms with E-state index in [1.54, 1.807) is 6.20 Å². The summed E-state index contributed by atoms with van der Waals surface area (Å²) in [4.78, 5) is 12.1. The second-order valence-electron chi connectivity index (χ2n) is 6.11. The number of rotatable bonds is 5. The number of hydrogen-bond acceptors (Lipinski definition) is 4. The predicted molar refractivity (Wildman–Crippen MR) is 83.5 cm³/mol. The molecule has 6 nitrogen and oxygen atoms in total. The average molecular weight is 321 g/mol. The topological polar surface area (TPSA) is 105 Å². The smallest absolute Gasteiger partial charge is 0.338 e. The van der Waals surface area contributed by atoms with Crippen molar-refractivity contribution < 1.29 is 30.1 Å². The van der Waals surface area contributed by atoms with Gasteiger partial charge in [0.25, 0.3) is 0 Å². The summed E-state index contributed by atoms with van der Waals surface area (Å²) in [5, 5.41) is 41.7. The van der Waals surface area contributed by atoms with E-state index >= 15 is 0 Å². The van der Waals surface area contributed by atoms with Gasteiger partial charge in [0.15, 0.2) is 0 Å². The molecule has 0 aromatic heterocycles. The fourth-order valence-corrected chi connectivity index (χ4v) is 3.44. The van der Waals surface area contributed by atoms with Gasteiger partial charge in [-0.3, -0.25) is 0 Å². The molecule has 0 saturated heterocycles. The van der Waals surface area contributed by atoms with Crippen molar-refractivity contribution in [3.8, 4) is 11.5 Å². The summed E-state index contributed by atoms with van der Waals surface area (Å²) in [6.07, 6.45) is 2.63. The highest BCUT2D eigenvalue weighted by Gasteiger charge is 2.31. The summed E-state index contributed by atoms with van der Waals surface area (Å²) in [6, 6.07) is 1.45. The minimum Gasteiger partial charge on any atom is -0.871 e. The minimum atomic E-state index is -1.44. The van der Waals surface area contributed by atoms with Crippen LogP contribution in [0.5, 0.6) is 11.5 Å². The van der Waals surface area contributed by atoms with Crippen LogP contribution in [0.2, 0.25) is 0 Å². The number of fused-ring (bicyclic) bond motifs is 1. The number of phenols is 1. The number of aromatic carboxylic acids is 1. The highest BCUT2D eigenvalue weighted by Crippen LogP contribution is 2.21.